The molecule has 0 radical (unpaired) electrons. The lowest BCUT2D eigenvalue weighted by Gasteiger charge is -2.26. The summed E-state index contributed by atoms with van der Waals surface area (Å²) < 4.78 is 21.7. The topological polar surface area (TPSA) is 40.2 Å². The zero-order valence-electron chi connectivity index (χ0n) is 12.0. The van der Waals surface area contributed by atoms with Crippen LogP contribution in [0, 0.1) is 0 Å². The summed E-state index contributed by atoms with van der Waals surface area (Å²) in [7, 11) is 1.64. The number of morpholine rings is 1. The number of nitrogens with zero attached hydrogens (tertiary/aromatic N) is 1. The standard InChI is InChI=1S/C15H23NO4/c1-17-14-4-2-3-5-15(14)20-13-12-19-11-8-16-6-9-18-10-7-16/h2-5H,6-13H2,1H3. The highest BCUT2D eigenvalue weighted by atomic mass is 16.5. The molecule has 1 aliphatic heterocycles. The van der Waals surface area contributed by atoms with Gasteiger partial charge in [0.05, 0.1) is 33.5 Å². The minimum absolute atomic E-state index is 0.531. The molecule has 0 N–H and O–H groups in total. The van der Waals surface area contributed by atoms with Gasteiger partial charge in [-0.15, -0.1) is 0 Å². The zero-order chi connectivity index (χ0) is 14.0. The Balaban J connectivity index is 1.55. The van der Waals surface area contributed by atoms with Gasteiger partial charge in [0.1, 0.15) is 6.61 Å². The first kappa shape index (κ1) is 15.1. The number of ether oxygens (including phenoxy) is 4. The van der Waals surface area contributed by atoms with Gasteiger partial charge in [0.25, 0.3) is 0 Å². The van der Waals surface area contributed by atoms with Crippen LogP contribution in [0.4, 0.5) is 0 Å². The van der Waals surface area contributed by atoms with Crippen LogP contribution >= 0.6 is 0 Å². The van der Waals surface area contributed by atoms with E-state index in [9.17, 15) is 0 Å². The van der Waals surface area contributed by atoms with Crippen LogP contribution in [0.5, 0.6) is 11.5 Å². The zero-order valence-corrected chi connectivity index (χ0v) is 12.0. The molecule has 0 atom stereocenters. The maximum atomic E-state index is 5.64. The molecule has 1 saturated heterocycles. The maximum Gasteiger partial charge on any atom is 0.161 e. The normalized spacial score (nSPS) is 16.1. The van der Waals surface area contributed by atoms with Gasteiger partial charge in [-0.05, 0) is 12.1 Å². The summed E-state index contributed by atoms with van der Waals surface area (Å²) in [5, 5.41) is 0. The van der Waals surface area contributed by atoms with Crippen LogP contribution in [0.25, 0.3) is 0 Å². The molecule has 20 heavy (non-hydrogen) atoms. The third-order valence-electron chi connectivity index (χ3n) is 3.21. The van der Waals surface area contributed by atoms with E-state index in [1.165, 1.54) is 0 Å². The Hall–Kier alpha value is -1.30. The van der Waals surface area contributed by atoms with Gasteiger partial charge in [-0.1, -0.05) is 12.1 Å². The number of benzene rings is 1. The molecule has 5 heteroatoms. The third kappa shape index (κ3) is 5.00. The van der Waals surface area contributed by atoms with E-state index in [0.29, 0.717) is 13.2 Å². The Morgan fingerprint density at radius 1 is 1.05 bits per heavy atom. The quantitative estimate of drug-likeness (QED) is 0.674. The molecular weight excluding hydrogens is 258 g/mol. The summed E-state index contributed by atoms with van der Waals surface area (Å²) in [6.45, 7) is 6.47. The Bertz CT molecular complexity index is 380. The van der Waals surface area contributed by atoms with E-state index in [0.717, 1.165) is 51.0 Å². The van der Waals surface area contributed by atoms with Crippen molar-refractivity contribution in [2.75, 3.05) is 59.8 Å². The van der Waals surface area contributed by atoms with Gasteiger partial charge >= 0.3 is 0 Å². The smallest absolute Gasteiger partial charge is 0.161 e. The van der Waals surface area contributed by atoms with Gasteiger partial charge in [-0.3, -0.25) is 4.90 Å². The highest BCUT2D eigenvalue weighted by Crippen LogP contribution is 2.25. The molecular formula is C15H23NO4. The van der Waals surface area contributed by atoms with E-state index in [1.54, 1.807) is 7.11 Å². The SMILES string of the molecule is COc1ccccc1OCCOCCN1CCOCC1. The number of hydrogen-bond donors (Lipinski definition) is 0. The van der Waals surface area contributed by atoms with Gasteiger partial charge in [0.2, 0.25) is 0 Å². The fourth-order valence-electron chi connectivity index (χ4n) is 2.07. The van der Waals surface area contributed by atoms with Crippen molar-refractivity contribution < 1.29 is 18.9 Å². The molecule has 1 fully saturated rings. The summed E-state index contributed by atoms with van der Waals surface area (Å²) in [5.41, 5.74) is 0. The first-order chi connectivity index (χ1) is 9.90. The van der Waals surface area contributed by atoms with Crippen LogP contribution in [0.2, 0.25) is 0 Å². The number of rotatable bonds is 8. The lowest BCUT2D eigenvalue weighted by molar-refractivity contribution is 0.0169. The fourth-order valence-corrected chi connectivity index (χ4v) is 2.07. The van der Waals surface area contributed by atoms with E-state index in [1.807, 2.05) is 24.3 Å². The third-order valence-corrected chi connectivity index (χ3v) is 3.21. The summed E-state index contributed by atoms with van der Waals surface area (Å²) in [6.07, 6.45) is 0. The Labute approximate surface area is 120 Å². The fraction of sp³-hybridized carbons (Fsp3) is 0.600. The lowest BCUT2D eigenvalue weighted by Crippen LogP contribution is -2.38. The highest BCUT2D eigenvalue weighted by molar-refractivity contribution is 5.39. The Morgan fingerprint density at radius 3 is 2.55 bits per heavy atom. The molecule has 0 unspecified atom stereocenters. The molecule has 5 nitrogen and oxygen atoms in total. The molecule has 0 amide bonds. The average Bonchev–Trinajstić information content (AvgIpc) is 2.52. The largest absolute Gasteiger partial charge is 0.493 e. The molecule has 1 aliphatic rings. The van der Waals surface area contributed by atoms with E-state index in [2.05, 4.69) is 4.90 Å². The van der Waals surface area contributed by atoms with Crippen molar-refractivity contribution in [1.29, 1.82) is 0 Å². The molecule has 1 heterocycles. The molecule has 2 rings (SSSR count). The highest BCUT2D eigenvalue weighted by Gasteiger charge is 2.09. The van der Waals surface area contributed by atoms with Crippen LogP contribution < -0.4 is 9.47 Å². The molecule has 112 valence electrons. The molecule has 0 aromatic heterocycles. The molecule has 0 saturated carbocycles. The van der Waals surface area contributed by atoms with Crippen molar-refractivity contribution in [2.24, 2.45) is 0 Å². The second-order valence-corrected chi connectivity index (χ2v) is 4.57. The monoisotopic (exact) mass is 281 g/mol. The van der Waals surface area contributed by atoms with Gasteiger partial charge in [0.15, 0.2) is 11.5 Å². The first-order valence-electron chi connectivity index (χ1n) is 7.04. The molecule has 0 spiro atoms. The summed E-state index contributed by atoms with van der Waals surface area (Å²) in [6, 6.07) is 7.63. The first-order valence-corrected chi connectivity index (χ1v) is 7.04. The molecule has 0 bridgehead atoms. The van der Waals surface area contributed by atoms with Crippen molar-refractivity contribution in [2.45, 2.75) is 0 Å². The number of hydrogen-bond acceptors (Lipinski definition) is 5. The Morgan fingerprint density at radius 2 is 1.80 bits per heavy atom. The van der Waals surface area contributed by atoms with Gasteiger partial charge in [0, 0.05) is 19.6 Å². The summed E-state index contributed by atoms with van der Waals surface area (Å²) in [4.78, 5) is 2.35. The molecule has 0 aliphatic carbocycles. The van der Waals surface area contributed by atoms with E-state index >= 15 is 0 Å². The van der Waals surface area contributed by atoms with Crippen molar-refractivity contribution in [1.82, 2.24) is 4.90 Å². The van der Waals surface area contributed by atoms with E-state index in [-0.39, 0.29) is 0 Å². The average molecular weight is 281 g/mol. The maximum absolute atomic E-state index is 5.64. The Kier molecular flexibility index (Phi) is 6.63. The van der Waals surface area contributed by atoms with Crippen LogP contribution in [-0.2, 0) is 9.47 Å². The second-order valence-electron chi connectivity index (χ2n) is 4.57. The number of methoxy groups -OCH3 is 1. The van der Waals surface area contributed by atoms with E-state index < -0.39 is 0 Å². The lowest BCUT2D eigenvalue weighted by atomic mass is 10.3. The van der Waals surface area contributed by atoms with Crippen molar-refractivity contribution in [3.05, 3.63) is 24.3 Å². The molecule has 1 aromatic carbocycles. The predicted molar refractivity (Wildman–Crippen MR) is 76.6 cm³/mol. The predicted octanol–water partition coefficient (Wildman–Crippen LogP) is 1.42. The van der Waals surface area contributed by atoms with Crippen LogP contribution in [0.1, 0.15) is 0 Å². The van der Waals surface area contributed by atoms with Gasteiger partial charge in [-0.25, -0.2) is 0 Å². The van der Waals surface area contributed by atoms with Gasteiger partial charge in [-0.2, -0.15) is 0 Å². The van der Waals surface area contributed by atoms with Crippen LogP contribution in [0.15, 0.2) is 24.3 Å². The molecule has 1 aromatic rings. The number of para-hydroxylation sites is 2. The van der Waals surface area contributed by atoms with Crippen molar-refractivity contribution in [3.8, 4) is 11.5 Å². The minimum Gasteiger partial charge on any atom is -0.493 e. The van der Waals surface area contributed by atoms with E-state index in [4.69, 9.17) is 18.9 Å². The van der Waals surface area contributed by atoms with Gasteiger partial charge < -0.3 is 18.9 Å². The van der Waals surface area contributed by atoms with Crippen LogP contribution in [0.3, 0.4) is 0 Å². The van der Waals surface area contributed by atoms with Crippen LogP contribution in [-0.4, -0.2) is 64.7 Å². The second kappa shape index (κ2) is 8.79. The van der Waals surface area contributed by atoms with Crippen molar-refractivity contribution in [3.63, 3.8) is 0 Å². The minimum atomic E-state index is 0.531. The van der Waals surface area contributed by atoms with Crippen molar-refractivity contribution >= 4 is 0 Å². The summed E-state index contributed by atoms with van der Waals surface area (Å²) in [5.74, 6) is 1.51. The summed E-state index contributed by atoms with van der Waals surface area (Å²) >= 11 is 0.